The number of quaternary nitrogens is 1. The molecular weight excluding hydrogens is 632 g/mol. The van der Waals surface area contributed by atoms with E-state index in [9.17, 15) is 26.3 Å². The van der Waals surface area contributed by atoms with E-state index in [0.29, 0.717) is 28.7 Å². The van der Waals surface area contributed by atoms with E-state index in [1.54, 1.807) is 0 Å². The molecule has 0 spiro atoms. The van der Waals surface area contributed by atoms with Crippen LogP contribution in [-0.4, -0.2) is 30.7 Å². The predicted octanol–water partition coefficient (Wildman–Crippen LogP) is 10.9. The van der Waals surface area contributed by atoms with Crippen LogP contribution in [-0.2, 0) is 0 Å². The van der Waals surface area contributed by atoms with Gasteiger partial charge in [0.1, 0.15) is 6.54 Å². The Bertz CT molecular complexity index is 1760. The van der Waals surface area contributed by atoms with Gasteiger partial charge in [0, 0.05) is 23.7 Å². The summed E-state index contributed by atoms with van der Waals surface area (Å²) in [5, 5.41) is 0. The first kappa shape index (κ1) is 33.9. The largest absolute Gasteiger partial charge is 0.320 e. The highest BCUT2D eigenvalue weighted by atomic mass is 19.2. The average molecular weight is 677 g/mol. The summed E-state index contributed by atoms with van der Waals surface area (Å²) in [5.41, 5.74) is 4.59. The summed E-state index contributed by atoms with van der Waals surface area (Å²) in [5.74, 6) is -8.02. The molecule has 4 aliphatic carbocycles. The number of benzene rings is 2. The number of hydrogen-bond donors (Lipinski definition) is 0. The van der Waals surface area contributed by atoms with Gasteiger partial charge in [0.25, 0.3) is 0 Å². The fourth-order valence-corrected chi connectivity index (χ4v) is 9.64. The third-order valence-corrected chi connectivity index (χ3v) is 11.8. The lowest BCUT2D eigenvalue weighted by Gasteiger charge is -2.48. The molecule has 1 aliphatic heterocycles. The van der Waals surface area contributed by atoms with E-state index in [4.69, 9.17) is 0 Å². The Morgan fingerprint density at radius 2 is 1.37 bits per heavy atom. The second-order valence-corrected chi connectivity index (χ2v) is 14.8. The molecule has 5 aliphatic rings. The topological polar surface area (TPSA) is 0 Å². The molecule has 0 N–H and O–H groups in total. The van der Waals surface area contributed by atoms with Crippen molar-refractivity contribution in [3.05, 3.63) is 130 Å². The molecule has 2 aromatic carbocycles. The van der Waals surface area contributed by atoms with Gasteiger partial charge >= 0.3 is 0 Å². The molecule has 0 saturated carbocycles. The van der Waals surface area contributed by atoms with Gasteiger partial charge in [-0.3, -0.25) is 0 Å². The first-order valence-electron chi connectivity index (χ1n) is 18.0. The zero-order valence-corrected chi connectivity index (χ0v) is 28.2. The highest BCUT2D eigenvalue weighted by Crippen LogP contribution is 2.58. The first-order valence-corrected chi connectivity index (χ1v) is 18.0. The van der Waals surface area contributed by atoms with E-state index in [0.717, 1.165) is 92.6 Å². The van der Waals surface area contributed by atoms with Crippen LogP contribution in [0.4, 0.5) is 26.3 Å². The van der Waals surface area contributed by atoms with Crippen LogP contribution in [0, 0.1) is 70.4 Å². The number of unbranched alkanes of at least 4 members (excludes halogenated alkanes) is 2. The molecule has 1 heterocycles. The molecule has 0 bridgehead atoms. The summed E-state index contributed by atoms with van der Waals surface area (Å²) < 4.78 is 89.2. The second kappa shape index (κ2) is 13.6. The van der Waals surface area contributed by atoms with E-state index < -0.39 is 34.9 Å². The van der Waals surface area contributed by atoms with E-state index in [2.05, 4.69) is 56.4 Å². The van der Waals surface area contributed by atoms with Crippen molar-refractivity contribution in [2.24, 2.45) is 35.5 Å². The van der Waals surface area contributed by atoms with Crippen LogP contribution < -0.4 is 0 Å². The molecule has 7 heteroatoms. The zero-order valence-electron chi connectivity index (χ0n) is 28.2. The van der Waals surface area contributed by atoms with Crippen molar-refractivity contribution in [1.82, 2.24) is 0 Å². The fourth-order valence-electron chi connectivity index (χ4n) is 9.64. The van der Waals surface area contributed by atoms with Gasteiger partial charge in [0.2, 0.25) is 0 Å². The maximum absolute atomic E-state index is 15.0. The van der Waals surface area contributed by atoms with Crippen molar-refractivity contribution in [2.75, 3.05) is 26.2 Å². The maximum atomic E-state index is 15.0. The Balaban J connectivity index is 1.53. The van der Waals surface area contributed by atoms with Crippen molar-refractivity contribution in [3.63, 3.8) is 0 Å². The van der Waals surface area contributed by atoms with Crippen LogP contribution >= 0.6 is 0 Å². The molecule has 2 aromatic rings. The minimum Gasteiger partial charge on any atom is -0.320 e. The normalized spacial score (nSPS) is 28.2. The van der Waals surface area contributed by atoms with Crippen LogP contribution in [0.2, 0.25) is 0 Å². The number of likely N-dealkylation sites (tertiary alicyclic amines) is 1. The molecule has 5 unspecified atom stereocenters. The number of allylic oxidation sites excluding steroid dienone is 10. The molecular formula is C42H44F6N+. The van der Waals surface area contributed by atoms with Crippen molar-refractivity contribution in [1.29, 1.82) is 0 Å². The lowest BCUT2D eigenvalue weighted by atomic mass is 9.55. The van der Waals surface area contributed by atoms with E-state index in [1.807, 2.05) is 6.08 Å². The smallest absolute Gasteiger partial charge is 0.194 e. The second-order valence-electron chi connectivity index (χ2n) is 14.8. The highest BCUT2D eigenvalue weighted by molar-refractivity contribution is 5.80. The SMILES string of the molecule is CCCC[N+]1(CCCC)CC2=C(c3cc(F)c(F)c(F)c3)C=C3CCC=CC3[C@H]2C2C(C1)C(c1cc(F)c(F)c(F)c1)=CC1C=CC=CC12. The molecule has 0 aromatic heterocycles. The van der Waals surface area contributed by atoms with Gasteiger partial charge in [-0.2, -0.15) is 0 Å². The summed E-state index contributed by atoms with van der Waals surface area (Å²) in [6.07, 6.45) is 22.7. The third kappa shape index (κ3) is 6.11. The minimum absolute atomic E-state index is 0.0356. The molecule has 49 heavy (non-hydrogen) atoms. The number of fused-ring (bicyclic) bond motifs is 7. The number of rotatable bonds is 8. The predicted molar refractivity (Wildman–Crippen MR) is 183 cm³/mol. The van der Waals surface area contributed by atoms with Crippen molar-refractivity contribution < 1.29 is 30.8 Å². The molecule has 7 rings (SSSR count). The summed E-state index contributed by atoms with van der Waals surface area (Å²) in [6, 6.07) is 4.54. The Labute approximate surface area is 285 Å². The van der Waals surface area contributed by atoms with Crippen LogP contribution in [0.3, 0.4) is 0 Å². The van der Waals surface area contributed by atoms with Crippen molar-refractivity contribution in [2.45, 2.75) is 52.4 Å². The zero-order chi connectivity index (χ0) is 34.4. The summed E-state index contributed by atoms with van der Waals surface area (Å²) in [4.78, 5) is 0. The third-order valence-electron chi connectivity index (χ3n) is 11.8. The van der Waals surface area contributed by atoms with Crippen LogP contribution in [0.5, 0.6) is 0 Å². The molecule has 6 atom stereocenters. The lowest BCUT2D eigenvalue weighted by molar-refractivity contribution is -0.925. The van der Waals surface area contributed by atoms with Crippen LogP contribution in [0.15, 0.2) is 84.0 Å². The van der Waals surface area contributed by atoms with Gasteiger partial charge < -0.3 is 4.48 Å². The monoisotopic (exact) mass is 676 g/mol. The summed E-state index contributed by atoms with van der Waals surface area (Å²) in [6.45, 7) is 7.43. The molecule has 1 nitrogen and oxygen atoms in total. The number of hydrogen-bond acceptors (Lipinski definition) is 0. The Morgan fingerprint density at radius 1 is 0.755 bits per heavy atom. The molecule has 1 fully saturated rings. The van der Waals surface area contributed by atoms with Gasteiger partial charge in [-0.05, 0) is 89.6 Å². The first-order chi connectivity index (χ1) is 23.6. The van der Waals surface area contributed by atoms with Crippen LogP contribution in [0.25, 0.3) is 11.1 Å². The Kier molecular flexibility index (Phi) is 9.42. The molecule has 1 saturated heterocycles. The lowest BCUT2D eigenvalue weighted by Crippen LogP contribution is -2.53. The molecule has 258 valence electrons. The number of nitrogens with zero attached hydrogens (tertiary/aromatic N) is 1. The molecule has 0 amide bonds. The van der Waals surface area contributed by atoms with Crippen molar-refractivity contribution >= 4 is 11.1 Å². The van der Waals surface area contributed by atoms with E-state index >= 15 is 0 Å². The van der Waals surface area contributed by atoms with Gasteiger partial charge in [-0.1, -0.05) is 80.9 Å². The van der Waals surface area contributed by atoms with E-state index in [-0.39, 0.29) is 35.5 Å². The minimum atomic E-state index is -1.48. The standard InChI is InChI=1S/C42H44F6N/c1-3-5-15-49(16-6-4-2)23-33-31(27-19-35(43)41(47)36(44)20-27)17-25-11-7-9-13-29(25)39(33)40-30-14-10-8-12-26(30)18-32(34(40)24-49)28-21-37(45)42(48)38(46)22-28/h7,9-11,13-14,17-22,25,29-30,33,39-40H,3-6,8,12,15-16,23-24H2,1-2H3/q+1/t25?,29?,30?,33?,39?,40-/m1/s1. The van der Waals surface area contributed by atoms with Gasteiger partial charge in [-0.15, -0.1) is 0 Å². The van der Waals surface area contributed by atoms with Gasteiger partial charge in [0.05, 0.1) is 19.6 Å². The Hall–Kier alpha value is -3.58. The average Bonchev–Trinajstić information content (AvgIpc) is 3.25. The van der Waals surface area contributed by atoms with Gasteiger partial charge in [0.15, 0.2) is 34.9 Å². The van der Waals surface area contributed by atoms with E-state index in [1.165, 1.54) is 5.57 Å². The summed E-state index contributed by atoms with van der Waals surface area (Å²) >= 11 is 0. The van der Waals surface area contributed by atoms with Gasteiger partial charge in [-0.25, -0.2) is 26.3 Å². The Morgan fingerprint density at radius 3 is 2.00 bits per heavy atom. The maximum Gasteiger partial charge on any atom is 0.194 e. The molecule has 0 radical (unpaired) electrons. The summed E-state index contributed by atoms with van der Waals surface area (Å²) in [7, 11) is 0. The number of halogens is 6. The van der Waals surface area contributed by atoms with Crippen LogP contribution in [0.1, 0.15) is 63.5 Å². The van der Waals surface area contributed by atoms with Crippen molar-refractivity contribution in [3.8, 4) is 0 Å². The quantitative estimate of drug-likeness (QED) is 0.113. The highest BCUT2D eigenvalue weighted by Gasteiger charge is 2.54. The fraction of sp³-hybridized carbons (Fsp3) is 0.429.